The Balaban J connectivity index is 1.65. The first kappa shape index (κ1) is 24.3. The second-order valence-corrected chi connectivity index (χ2v) is 7.85. The molecule has 0 amide bonds. The fourth-order valence-corrected chi connectivity index (χ4v) is 3.54. The van der Waals surface area contributed by atoms with Gasteiger partial charge in [-0.2, -0.15) is 4.98 Å². The second kappa shape index (κ2) is 12.7. The highest BCUT2D eigenvalue weighted by atomic mass is 16.6. The first-order valence-corrected chi connectivity index (χ1v) is 11.0. The lowest BCUT2D eigenvalue weighted by atomic mass is 10.1. The average molecular weight is 426 g/mol. The van der Waals surface area contributed by atoms with Crippen molar-refractivity contribution in [1.29, 1.82) is 0 Å². The average Bonchev–Trinajstić information content (AvgIpc) is 2.99. The highest BCUT2D eigenvalue weighted by Gasteiger charge is 2.44. The van der Waals surface area contributed by atoms with E-state index in [0.717, 1.165) is 23.8 Å². The number of esters is 1. The summed E-state index contributed by atoms with van der Waals surface area (Å²) in [6.07, 6.45) is 7.39. The van der Waals surface area contributed by atoms with Gasteiger partial charge in [0.15, 0.2) is 6.23 Å². The van der Waals surface area contributed by atoms with Crippen LogP contribution in [0.15, 0.2) is 17.1 Å². The van der Waals surface area contributed by atoms with Crippen LogP contribution in [0.2, 0.25) is 0 Å². The molecule has 0 radical (unpaired) electrons. The lowest BCUT2D eigenvalue weighted by molar-refractivity contribution is -0.150. The lowest BCUT2D eigenvalue weighted by Gasteiger charge is -2.16. The molecule has 4 atom stereocenters. The third-order valence-electron chi connectivity index (χ3n) is 5.36. The maximum Gasteiger partial charge on any atom is 0.351 e. The number of aromatic nitrogens is 2. The van der Waals surface area contributed by atoms with E-state index in [1.807, 2.05) is 0 Å². The summed E-state index contributed by atoms with van der Waals surface area (Å²) in [4.78, 5) is 27.4. The highest BCUT2D eigenvalue weighted by molar-refractivity contribution is 5.69. The van der Waals surface area contributed by atoms with Gasteiger partial charge < -0.3 is 25.4 Å². The molecular weight excluding hydrogens is 390 g/mol. The minimum Gasteiger partial charge on any atom is -0.463 e. The Bertz CT molecular complexity index is 710. The van der Waals surface area contributed by atoms with Gasteiger partial charge in [-0.05, 0) is 12.5 Å². The molecule has 1 fully saturated rings. The Morgan fingerprint density at radius 3 is 2.40 bits per heavy atom. The molecule has 9 nitrogen and oxygen atoms in total. The second-order valence-electron chi connectivity index (χ2n) is 7.85. The van der Waals surface area contributed by atoms with E-state index < -0.39 is 30.2 Å². The summed E-state index contributed by atoms with van der Waals surface area (Å²) in [6.45, 7) is 2.01. The van der Waals surface area contributed by atoms with Crippen molar-refractivity contribution >= 4 is 11.8 Å². The molecule has 0 aliphatic carbocycles. The van der Waals surface area contributed by atoms with E-state index in [1.54, 1.807) is 0 Å². The number of ether oxygens (including phenoxy) is 2. The first-order chi connectivity index (χ1) is 14.4. The number of hydrogen-bond donors (Lipinski definition) is 3. The van der Waals surface area contributed by atoms with Crippen molar-refractivity contribution in [1.82, 2.24) is 9.55 Å². The molecule has 1 aromatic heterocycles. The molecule has 30 heavy (non-hydrogen) atoms. The molecule has 0 spiro atoms. The van der Waals surface area contributed by atoms with Crippen molar-refractivity contribution in [3.63, 3.8) is 0 Å². The van der Waals surface area contributed by atoms with Gasteiger partial charge >= 0.3 is 11.7 Å². The number of nitrogens with zero attached hydrogens (tertiary/aromatic N) is 2. The third-order valence-corrected chi connectivity index (χ3v) is 5.36. The first-order valence-electron chi connectivity index (χ1n) is 11.0. The molecule has 2 heterocycles. The summed E-state index contributed by atoms with van der Waals surface area (Å²) in [7, 11) is 0. The van der Waals surface area contributed by atoms with Crippen molar-refractivity contribution < 1.29 is 24.5 Å². The van der Waals surface area contributed by atoms with Crippen LogP contribution in [0.1, 0.15) is 77.4 Å². The van der Waals surface area contributed by atoms with Gasteiger partial charge in [0, 0.05) is 12.6 Å². The van der Waals surface area contributed by atoms with Crippen molar-refractivity contribution in [2.24, 2.45) is 0 Å². The van der Waals surface area contributed by atoms with Crippen LogP contribution >= 0.6 is 0 Å². The molecule has 0 aromatic carbocycles. The summed E-state index contributed by atoms with van der Waals surface area (Å²) in [5, 5.41) is 20.4. The van der Waals surface area contributed by atoms with E-state index in [9.17, 15) is 19.8 Å². The zero-order valence-corrected chi connectivity index (χ0v) is 17.7. The summed E-state index contributed by atoms with van der Waals surface area (Å²) < 4.78 is 11.8. The van der Waals surface area contributed by atoms with Crippen LogP contribution < -0.4 is 11.4 Å². The van der Waals surface area contributed by atoms with Crippen molar-refractivity contribution in [3.05, 3.63) is 22.7 Å². The zero-order chi connectivity index (χ0) is 21.9. The Hall–Kier alpha value is -1.97. The van der Waals surface area contributed by atoms with Crippen LogP contribution in [-0.4, -0.2) is 50.7 Å². The fraction of sp³-hybridized carbons (Fsp3) is 0.762. The molecule has 9 heteroatoms. The summed E-state index contributed by atoms with van der Waals surface area (Å²) in [6, 6.07) is 1.39. The SMILES string of the molecule is CCCCCCCCCCCC(=O)OCC1OC(n2ccc(N)nc2=O)C(O)C1O. The largest absolute Gasteiger partial charge is 0.463 e. The van der Waals surface area contributed by atoms with Crippen molar-refractivity contribution in [2.45, 2.75) is 95.7 Å². The minimum atomic E-state index is -1.35. The maximum atomic E-state index is 11.9. The van der Waals surface area contributed by atoms with Crippen LogP contribution in [0.5, 0.6) is 0 Å². The van der Waals surface area contributed by atoms with Crippen molar-refractivity contribution in [3.8, 4) is 0 Å². The number of aliphatic hydroxyl groups is 2. The monoisotopic (exact) mass is 425 g/mol. The molecule has 4 unspecified atom stereocenters. The van der Waals surface area contributed by atoms with Crippen LogP contribution in [0, 0.1) is 0 Å². The number of hydrogen-bond acceptors (Lipinski definition) is 8. The molecule has 1 aromatic rings. The molecule has 0 saturated carbocycles. The molecule has 170 valence electrons. The number of nitrogen functional groups attached to an aromatic ring is 1. The predicted molar refractivity (Wildman–Crippen MR) is 112 cm³/mol. The number of unbranched alkanes of at least 4 members (excludes halogenated alkanes) is 8. The van der Waals surface area contributed by atoms with Gasteiger partial charge in [-0.3, -0.25) is 9.36 Å². The third kappa shape index (κ3) is 7.37. The van der Waals surface area contributed by atoms with Gasteiger partial charge in [0.1, 0.15) is 30.7 Å². The number of rotatable bonds is 13. The van der Waals surface area contributed by atoms with E-state index in [-0.39, 0.29) is 18.4 Å². The van der Waals surface area contributed by atoms with E-state index >= 15 is 0 Å². The Morgan fingerprint density at radius 2 is 1.77 bits per heavy atom. The van der Waals surface area contributed by atoms with Crippen LogP contribution in [0.3, 0.4) is 0 Å². The highest BCUT2D eigenvalue weighted by Crippen LogP contribution is 2.28. The van der Waals surface area contributed by atoms with Crippen molar-refractivity contribution in [2.75, 3.05) is 12.3 Å². The van der Waals surface area contributed by atoms with Gasteiger partial charge in [0.25, 0.3) is 0 Å². The minimum absolute atomic E-state index is 0.0475. The Morgan fingerprint density at radius 1 is 1.13 bits per heavy atom. The molecule has 0 bridgehead atoms. The summed E-state index contributed by atoms with van der Waals surface area (Å²) >= 11 is 0. The Labute approximate surface area is 177 Å². The van der Waals surface area contributed by atoms with E-state index in [1.165, 1.54) is 50.8 Å². The van der Waals surface area contributed by atoms with E-state index in [4.69, 9.17) is 15.2 Å². The van der Waals surface area contributed by atoms with E-state index in [2.05, 4.69) is 11.9 Å². The zero-order valence-electron chi connectivity index (χ0n) is 17.7. The van der Waals surface area contributed by atoms with Gasteiger partial charge in [-0.25, -0.2) is 4.79 Å². The summed E-state index contributed by atoms with van der Waals surface area (Å²) in [5.74, 6) is -0.315. The maximum absolute atomic E-state index is 11.9. The smallest absolute Gasteiger partial charge is 0.351 e. The van der Waals surface area contributed by atoms with Gasteiger partial charge in [-0.1, -0.05) is 58.3 Å². The van der Waals surface area contributed by atoms with E-state index in [0.29, 0.717) is 6.42 Å². The number of carbonyl (C=O) groups excluding carboxylic acids is 1. The topological polar surface area (TPSA) is 137 Å². The predicted octanol–water partition coefficient (Wildman–Crippen LogP) is 1.91. The molecule has 2 rings (SSSR count). The normalized spacial score (nSPS) is 23.6. The Kier molecular flexibility index (Phi) is 10.3. The number of aliphatic hydroxyl groups excluding tert-OH is 2. The van der Waals surface area contributed by atoms with Crippen LogP contribution in [0.25, 0.3) is 0 Å². The molecular formula is C21H35N3O6. The van der Waals surface area contributed by atoms with Crippen LogP contribution in [-0.2, 0) is 14.3 Å². The standard InChI is InChI=1S/C21H35N3O6/c1-2-3-4-5-6-7-8-9-10-11-17(25)29-14-15-18(26)19(27)20(30-15)24-13-12-16(22)23-21(24)28/h12-13,15,18-20,26-27H,2-11,14H2,1H3,(H2,22,23,28). The van der Waals surface area contributed by atoms with Gasteiger partial charge in [-0.15, -0.1) is 0 Å². The number of nitrogens with two attached hydrogens (primary N) is 1. The lowest BCUT2D eigenvalue weighted by Crippen LogP contribution is -2.36. The van der Waals surface area contributed by atoms with Gasteiger partial charge in [0.05, 0.1) is 0 Å². The fourth-order valence-electron chi connectivity index (χ4n) is 3.54. The number of carbonyl (C=O) groups is 1. The van der Waals surface area contributed by atoms with Gasteiger partial charge in [0.2, 0.25) is 0 Å². The molecule has 1 aliphatic rings. The van der Waals surface area contributed by atoms with Crippen LogP contribution in [0.4, 0.5) is 5.82 Å². The molecule has 1 saturated heterocycles. The quantitative estimate of drug-likeness (QED) is 0.322. The number of anilines is 1. The summed E-state index contributed by atoms with van der Waals surface area (Å²) in [5.41, 5.74) is 4.75. The molecule has 4 N–H and O–H groups in total. The molecule has 1 aliphatic heterocycles.